The van der Waals surface area contributed by atoms with E-state index in [4.69, 9.17) is 14.5 Å². The second-order valence-corrected chi connectivity index (χ2v) is 12.5. The van der Waals surface area contributed by atoms with Gasteiger partial charge in [0, 0.05) is 29.6 Å². The molecule has 1 atom stereocenters. The van der Waals surface area contributed by atoms with Gasteiger partial charge in [-0.05, 0) is 113 Å². The summed E-state index contributed by atoms with van der Waals surface area (Å²) in [4.78, 5) is 18.4. The zero-order chi connectivity index (χ0) is 27.4. The maximum absolute atomic E-state index is 13.0. The summed E-state index contributed by atoms with van der Waals surface area (Å²) in [7, 11) is 1.79. The maximum Gasteiger partial charge on any atom is 0.413 e. The van der Waals surface area contributed by atoms with Crippen LogP contribution in [0.3, 0.4) is 0 Å². The summed E-state index contributed by atoms with van der Waals surface area (Å²) in [6, 6.07) is 14.6. The Bertz CT molecular complexity index is 1470. The van der Waals surface area contributed by atoms with Crippen LogP contribution in [-0.2, 0) is 21.4 Å². The van der Waals surface area contributed by atoms with Crippen LogP contribution in [0.15, 0.2) is 41.4 Å². The molecule has 4 aliphatic rings. The number of carbonyl (C=O) groups is 1. The molecule has 1 heterocycles. The molecule has 2 aromatic carbocycles. The van der Waals surface area contributed by atoms with E-state index in [-0.39, 0.29) is 11.5 Å². The Balaban J connectivity index is 1.54. The van der Waals surface area contributed by atoms with E-state index >= 15 is 0 Å². The van der Waals surface area contributed by atoms with Gasteiger partial charge in [-0.15, -0.1) is 0 Å². The summed E-state index contributed by atoms with van der Waals surface area (Å²) >= 11 is 0. The SMILES string of the molecule is COC1CCC2(CC1)Cc1ccc(C#CC3CC3)cc1C21N=C(NC(=O)OC(C)(C)C)c2ccc(C#N)cc21. The molecule has 0 aromatic heterocycles. The molecule has 6 heteroatoms. The fraction of sp³-hybridized carbons (Fsp3) is 0.485. The molecule has 2 fully saturated rings. The minimum atomic E-state index is -0.731. The number of benzene rings is 2. The van der Waals surface area contributed by atoms with Crippen LogP contribution in [0.2, 0.25) is 0 Å². The lowest BCUT2D eigenvalue weighted by atomic mass is 9.59. The molecule has 0 bridgehead atoms. The van der Waals surface area contributed by atoms with Crippen LogP contribution in [0.1, 0.15) is 92.7 Å². The van der Waals surface area contributed by atoms with Crippen molar-refractivity contribution in [2.45, 2.75) is 83.0 Å². The Hall–Kier alpha value is -3.61. The summed E-state index contributed by atoms with van der Waals surface area (Å²) in [6.07, 6.45) is 6.69. The van der Waals surface area contributed by atoms with E-state index in [1.807, 2.05) is 32.9 Å². The number of methoxy groups -OCH3 is 1. The second kappa shape index (κ2) is 9.25. The van der Waals surface area contributed by atoms with E-state index in [0.29, 0.717) is 17.3 Å². The fourth-order valence-electron chi connectivity index (χ4n) is 6.77. The van der Waals surface area contributed by atoms with E-state index in [0.717, 1.165) is 54.4 Å². The number of amidine groups is 1. The molecule has 1 amide bonds. The Labute approximate surface area is 230 Å². The van der Waals surface area contributed by atoms with E-state index in [2.05, 4.69) is 41.4 Å². The van der Waals surface area contributed by atoms with Gasteiger partial charge in [-0.25, -0.2) is 4.79 Å². The van der Waals surface area contributed by atoms with E-state index < -0.39 is 17.2 Å². The van der Waals surface area contributed by atoms with Gasteiger partial charge in [0.25, 0.3) is 0 Å². The average molecular weight is 522 g/mol. The van der Waals surface area contributed by atoms with Crippen molar-refractivity contribution in [3.8, 4) is 17.9 Å². The van der Waals surface area contributed by atoms with E-state index in [1.165, 1.54) is 18.4 Å². The minimum absolute atomic E-state index is 0.201. The van der Waals surface area contributed by atoms with Crippen molar-refractivity contribution in [2.75, 3.05) is 7.11 Å². The van der Waals surface area contributed by atoms with Crippen molar-refractivity contribution < 1.29 is 14.3 Å². The molecule has 3 aliphatic carbocycles. The van der Waals surface area contributed by atoms with Crippen molar-refractivity contribution in [1.29, 1.82) is 5.26 Å². The first-order chi connectivity index (χ1) is 18.7. The third-order valence-electron chi connectivity index (χ3n) is 8.71. The lowest BCUT2D eigenvalue weighted by Crippen LogP contribution is -2.45. The minimum Gasteiger partial charge on any atom is -0.444 e. The topological polar surface area (TPSA) is 83.7 Å². The van der Waals surface area contributed by atoms with Crippen molar-refractivity contribution >= 4 is 11.9 Å². The number of amides is 1. The molecule has 2 spiro atoms. The highest BCUT2D eigenvalue weighted by atomic mass is 16.6. The number of carbonyl (C=O) groups excluding carboxylic acids is 1. The van der Waals surface area contributed by atoms with Gasteiger partial charge in [0.15, 0.2) is 0 Å². The fourth-order valence-corrected chi connectivity index (χ4v) is 6.77. The Morgan fingerprint density at radius 2 is 1.77 bits per heavy atom. The van der Waals surface area contributed by atoms with Gasteiger partial charge in [-0.1, -0.05) is 17.9 Å². The first-order valence-corrected chi connectivity index (χ1v) is 14.0. The predicted molar refractivity (Wildman–Crippen MR) is 149 cm³/mol. The number of hydrogen-bond acceptors (Lipinski definition) is 5. The zero-order valence-corrected chi connectivity index (χ0v) is 23.2. The van der Waals surface area contributed by atoms with Crippen LogP contribution in [0.25, 0.3) is 0 Å². The first-order valence-electron chi connectivity index (χ1n) is 14.0. The first kappa shape index (κ1) is 25.7. The molecule has 1 unspecified atom stereocenters. The van der Waals surface area contributed by atoms with Crippen LogP contribution in [0.4, 0.5) is 4.79 Å². The van der Waals surface area contributed by atoms with Crippen LogP contribution in [-0.4, -0.2) is 30.7 Å². The van der Waals surface area contributed by atoms with Gasteiger partial charge in [0.05, 0.1) is 17.7 Å². The van der Waals surface area contributed by atoms with Crippen molar-refractivity contribution in [3.05, 3.63) is 69.8 Å². The predicted octanol–water partition coefficient (Wildman–Crippen LogP) is 5.98. The molecule has 39 heavy (non-hydrogen) atoms. The highest BCUT2D eigenvalue weighted by molar-refractivity contribution is 6.10. The molecule has 0 radical (unpaired) electrons. The average Bonchev–Trinajstić information content (AvgIpc) is 3.64. The smallest absolute Gasteiger partial charge is 0.413 e. The summed E-state index contributed by atoms with van der Waals surface area (Å²) in [5.74, 6) is 7.82. The number of fused-ring (bicyclic) bond motifs is 5. The molecule has 2 saturated carbocycles. The number of nitrogens with one attached hydrogen (secondary N) is 1. The number of nitriles is 1. The number of rotatable bonds is 1. The normalized spacial score (nSPS) is 26.7. The molecule has 6 rings (SSSR count). The monoisotopic (exact) mass is 521 g/mol. The highest BCUT2D eigenvalue weighted by Gasteiger charge is 2.62. The van der Waals surface area contributed by atoms with Gasteiger partial charge in [0.1, 0.15) is 17.0 Å². The number of hydrogen-bond donors (Lipinski definition) is 1. The third-order valence-corrected chi connectivity index (χ3v) is 8.71. The standard InChI is InChI=1S/C33H35N3O3/c1-31(2,3)39-30(37)35-29-26-12-10-23(20-34)18-28(26)33(36-29)27-17-22(8-7-21-5-6-21)9-11-24(27)19-32(33)15-13-25(38-4)14-16-32/h9-12,17-18,21,25H,5-6,13-16,19H2,1-4H3,(H,35,36,37). The lowest BCUT2D eigenvalue weighted by molar-refractivity contribution is 0.00681. The molecule has 1 N–H and O–H groups in total. The largest absolute Gasteiger partial charge is 0.444 e. The number of nitrogens with zero attached hydrogens (tertiary/aromatic N) is 2. The van der Waals surface area contributed by atoms with E-state index in [9.17, 15) is 10.1 Å². The summed E-state index contributed by atoms with van der Waals surface area (Å²) in [5.41, 5.74) is 4.23. The lowest BCUT2D eigenvalue weighted by Gasteiger charge is -2.47. The molecule has 200 valence electrons. The Morgan fingerprint density at radius 3 is 2.44 bits per heavy atom. The zero-order valence-electron chi connectivity index (χ0n) is 23.2. The van der Waals surface area contributed by atoms with Crippen LogP contribution < -0.4 is 5.32 Å². The Morgan fingerprint density at radius 1 is 1.05 bits per heavy atom. The molecular weight excluding hydrogens is 486 g/mol. The summed E-state index contributed by atoms with van der Waals surface area (Å²) in [6.45, 7) is 5.54. The highest BCUT2D eigenvalue weighted by Crippen LogP contribution is 2.65. The molecule has 6 nitrogen and oxygen atoms in total. The van der Waals surface area contributed by atoms with Crippen molar-refractivity contribution in [1.82, 2.24) is 5.32 Å². The van der Waals surface area contributed by atoms with Gasteiger partial charge in [-0.2, -0.15) is 5.26 Å². The molecule has 2 aromatic rings. The second-order valence-electron chi connectivity index (χ2n) is 12.5. The number of alkyl carbamates (subject to hydrolysis) is 1. The van der Waals surface area contributed by atoms with E-state index in [1.54, 1.807) is 13.2 Å². The number of ether oxygens (including phenoxy) is 2. The van der Waals surface area contributed by atoms with Crippen LogP contribution in [0, 0.1) is 34.5 Å². The molecule has 0 saturated heterocycles. The van der Waals surface area contributed by atoms with Gasteiger partial charge in [-0.3, -0.25) is 10.3 Å². The Kier molecular flexibility index (Phi) is 6.08. The molecular formula is C33H35N3O3. The van der Waals surface area contributed by atoms with Gasteiger partial charge in [0.2, 0.25) is 0 Å². The van der Waals surface area contributed by atoms with Crippen molar-refractivity contribution in [2.24, 2.45) is 16.3 Å². The maximum atomic E-state index is 13.0. The quantitative estimate of drug-likeness (QED) is 0.468. The van der Waals surface area contributed by atoms with Crippen LogP contribution >= 0.6 is 0 Å². The number of aliphatic imine (C=N–C) groups is 1. The van der Waals surface area contributed by atoms with Crippen molar-refractivity contribution in [3.63, 3.8) is 0 Å². The summed E-state index contributed by atoms with van der Waals surface area (Å²) in [5, 5.41) is 12.8. The molecule has 1 aliphatic heterocycles. The van der Waals surface area contributed by atoms with Crippen LogP contribution in [0.5, 0.6) is 0 Å². The van der Waals surface area contributed by atoms with Gasteiger partial charge >= 0.3 is 6.09 Å². The van der Waals surface area contributed by atoms with Gasteiger partial charge < -0.3 is 9.47 Å². The third kappa shape index (κ3) is 4.42. The summed E-state index contributed by atoms with van der Waals surface area (Å²) < 4.78 is 11.4.